The van der Waals surface area contributed by atoms with Crippen LogP contribution in [0.1, 0.15) is 72.6 Å². The molecule has 0 bridgehead atoms. The smallest absolute Gasteiger partial charge is 0.143 e. The Balaban J connectivity index is 4.70. The van der Waals surface area contributed by atoms with Crippen LogP contribution in [0.4, 0.5) is 0 Å². The zero-order valence-corrected chi connectivity index (χ0v) is 12.2. The first-order valence-electron chi connectivity index (χ1n) is 6.88. The molecule has 18 heavy (non-hydrogen) atoms. The first-order valence-corrected chi connectivity index (χ1v) is 6.88. The molecule has 0 unspecified atom stereocenters. The summed E-state index contributed by atoms with van der Waals surface area (Å²) in [6.45, 7) is 6.57. The van der Waals surface area contributed by atoms with Gasteiger partial charge in [-0.1, -0.05) is 32.6 Å². The van der Waals surface area contributed by atoms with E-state index in [9.17, 15) is 14.4 Å². The van der Waals surface area contributed by atoms with Gasteiger partial charge in [-0.3, -0.25) is 9.59 Å². The summed E-state index contributed by atoms with van der Waals surface area (Å²) in [4.78, 5) is 34.8. The topological polar surface area (TPSA) is 51.2 Å². The Bertz CT molecular complexity index is 291. The molecule has 0 aromatic carbocycles. The second-order valence-corrected chi connectivity index (χ2v) is 5.21. The number of Topliss-reactive ketones (excluding diaryl/α,β-unsaturated/α-hetero) is 3. The fourth-order valence-corrected chi connectivity index (χ4v) is 2.32. The predicted octanol–water partition coefficient (Wildman–Crippen LogP) is 3.49. The van der Waals surface area contributed by atoms with Crippen molar-refractivity contribution in [3.63, 3.8) is 0 Å². The van der Waals surface area contributed by atoms with Crippen LogP contribution in [0.25, 0.3) is 0 Å². The average Bonchev–Trinajstić information content (AvgIpc) is 2.27. The minimum absolute atomic E-state index is 0.0374. The second kappa shape index (κ2) is 8.17. The third-order valence-corrected chi connectivity index (χ3v) is 3.71. The molecule has 0 saturated heterocycles. The summed E-state index contributed by atoms with van der Waals surface area (Å²) >= 11 is 0. The molecule has 0 radical (unpaired) electrons. The maximum absolute atomic E-state index is 11.9. The lowest BCUT2D eigenvalue weighted by atomic mass is 9.72. The lowest BCUT2D eigenvalue weighted by Crippen LogP contribution is -2.37. The maximum atomic E-state index is 11.9. The molecule has 0 rings (SSSR count). The number of unbranched alkanes of at least 4 members (excludes halogenated alkanes) is 3. The van der Waals surface area contributed by atoms with E-state index < -0.39 is 5.41 Å². The third-order valence-electron chi connectivity index (χ3n) is 3.71. The highest BCUT2D eigenvalue weighted by molar-refractivity contribution is 6.05. The van der Waals surface area contributed by atoms with Gasteiger partial charge in [-0.25, -0.2) is 0 Å². The van der Waals surface area contributed by atoms with Gasteiger partial charge in [-0.05, 0) is 33.6 Å². The van der Waals surface area contributed by atoms with Gasteiger partial charge < -0.3 is 4.79 Å². The Kier molecular flexibility index (Phi) is 7.72. The Morgan fingerprint density at radius 1 is 0.833 bits per heavy atom. The average molecular weight is 254 g/mol. The van der Waals surface area contributed by atoms with Crippen LogP contribution < -0.4 is 0 Å². The van der Waals surface area contributed by atoms with E-state index in [1.165, 1.54) is 20.8 Å². The highest BCUT2D eigenvalue weighted by Gasteiger charge is 2.39. The summed E-state index contributed by atoms with van der Waals surface area (Å²) in [5, 5.41) is 0. The molecule has 0 spiro atoms. The van der Waals surface area contributed by atoms with Gasteiger partial charge in [0.15, 0.2) is 0 Å². The van der Waals surface area contributed by atoms with E-state index in [1.54, 1.807) is 0 Å². The van der Waals surface area contributed by atoms with Crippen LogP contribution in [0.3, 0.4) is 0 Å². The summed E-state index contributed by atoms with van der Waals surface area (Å²) in [6, 6.07) is 0. The van der Waals surface area contributed by atoms with Crippen molar-refractivity contribution in [3.8, 4) is 0 Å². The van der Waals surface area contributed by atoms with E-state index in [-0.39, 0.29) is 17.3 Å². The number of ketones is 3. The standard InChI is InChI=1S/C15H26O3/c1-5-6-7-8-10-15(13(3)17,14(4)18)11-9-12(2)16/h5-11H2,1-4H3. The summed E-state index contributed by atoms with van der Waals surface area (Å²) in [6.07, 6.45) is 5.44. The number of carbonyl (C=O) groups is 3. The zero-order chi connectivity index (χ0) is 14.2. The molecule has 0 fully saturated rings. The van der Waals surface area contributed by atoms with E-state index in [2.05, 4.69) is 6.92 Å². The van der Waals surface area contributed by atoms with E-state index >= 15 is 0 Å². The van der Waals surface area contributed by atoms with Gasteiger partial charge in [0.2, 0.25) is 0 Å². The molecule has 3 heteroatoms. The zero-order valence-electron chi connectivity index (χ0n) is 12.2. The van der Waals surface area contributed by atoms with Crippen molar-refractivity contribution in [2.45, 2.75) is 72.6 Å². The molecule has 3 nitrogen and oxygen atoms in total. The number of rotatable bonds is 10. The molecule has 0 aliphatic carbocycles. The lowest BCUT2D eigenvalue weighted by Gasteiger charge is -2.28. The molecule has 0 saturated carbocycles. The highest BCUT2D eigenvalue weighted by atomic mass is 16.2. The van der Waals surface area contributed by atoms with Crippen LogP contribution in [0.5, 0.6) is 0 Å². The van der Waals surface area contributed by atoms with E-state index in [4.69, 9.17) is 0 Å². The lowest BCUT2D eigenvalue weighted by molar-refractivity contribution is -0.139. The van der Waals surface area contributed by atoms with E-state index in [0.717, 1.165) is 25.7 Å². The van der Waals surface area contributed by atoms with Crippen molar-refractivity contribution < 1.29 is 14.4 Å². The molecule has 0 aliphatic heterocycles. The van der Waals surface area contributed by atoms with Crippen LogP contribution >= 0.6 is 0 Å². The highest BCUT2D eigenvalue weighted by Crippen LogP contribution is 2.33. The van der Waals surface area contributed by atoms with Gasteiger partial charge in [-0.2, -0.15) is 0 Å². The molecule has 0 amide bonds. The van der Waals surface area contributed by atoms with Crippen molar-refractivity contribution in [1.82, 2.24) is 0 Å². The number of carbonyl (C=O) groups excluding carboxylic acids is 3. The van der Waals surface area contributed by atoms with Crippen molar-refractivity contribution in [2.24, 2.45) is 5.41 Å². The van der Waals surface area contributed by atoms with Gasteiger partial charge in [0.1, 0.15) is 17.3 Å². The molecule has 0 atom stereocenters. The minimum atomic E-state index is -0.917. The second-order valence-electron chi connectivity index (χ2n) is 5.21. The van der Waals surface area contributed by atoms with Crippen molar-refractivity contribution in [1.29, 1.82) is 0 Å². The van der Waals surface area contributed by atoms with Crippen LogP contribution in [-0.4, -0.2) is 17.3 Å². The van der Waals surface area contributed by atoms with Crippen molar-refractivity contribution >= 4 is 17.3 Å². The molecule has 0 aromatic heterocycles. The number of hydrogen-bond donors (Lipinski definition) is 0. The fourth-order valence-electron chi connectivity index (χ4n) is 2.32. The Morgan fingerprint density at radius 3 is 1.78 bits per heavy atom. The summed E-state index contributed by atoms with van der Waals surface area (Å²) in [5.74, 6) is -0.143. The first-order chi connectivity index (χ1) is 8.36. The monoisotopic (exact) mass is 254 g/mol. The molecule has 0 heterocycles. The molecular weight excluding hydrogens is 228 g/mol. The van der Waals surface area contributed by atoms with Gasteiger partial charge in [0.05, 0.1) is 5.41 Å². The molecule has 0 aliphatic rings. The maximum Gasteiger partial charge on any atom is 0.143 e. The van der Waals surface area contributed by atoms with Gasteiger partial charge in [0.25, 0.3) is 0 Å². The third kappa shape index (κ3) is 5.11. The molecular formula is C15H26O3. The Hall–Kier alpha value is -0.990. The van der Waals surface area contributed by atoms with Crippen molar-refractivity contribution in [2.75, 3.05) is 0 Å². The van der Waals surface area contributed by atoms with Crippen LogP contribution in [-0.2, 0) is 14.4 Å². The molecule has 0 N–H and O–H groups in total. The quantitative estimate of drug-likeness (QED) is 0.443. The van der Waals surface area contributed by atoms with Gasteiger partial charge >= 0.3 is 0 Å². The van der Waals surface area contributed by atoms with Gasteiger partial charge in [0, 0.05) is 6.42 Å². The van der Waals surface area contributed by atoms with Crippen LogP contribution in [0.15, 0.2) is 0 Å². The SMILES string of the molecule is CCCCCCC(CCC(C)=O)(C(C)=O)C(C)=O. The first kappa shape index (κ1) is 17.0. The minimum Gasteiger partial charge on any atom is -0.300 e. The summed E-state index contributed by atoms with van der Waals surface area (Å²) in [5.41, 5.74) is -0.917. The van der Waals surface area contributed by atoms with E-state index in [0.29, 0.717) is 19.3 Å². The summed E-state index contributed by atoms with van der Waals surface area (Å²) in [7, 11) is 0. The number of hydrogen-bond acceptors (Lipinski definition) is 3. The van der Waals surface area contributed by atoms with Gasteiger partial charge in [-0.15, -0.1) is 0 Å². The Morgan fingerprint density at radius 2 is 1.39 bits per heavy atom. The van der Waals surface area contributed by atoms with E-state index in [1.807, 2.05) is 0 Å². The predicted molar refractivity (Wildman–Crippen MR) is 72.5 cm³/mol. The normalized spacial score (nSPS) is 11.3. The molecule has 104 valence electrons. The van der Waals surface area contributed by atoms with Crippen LogP contribution in [0.2, 0.25) is 0 Å². The van der Waals surface area contributed by atoms with Crippen molar-refractivity contribution in [3.05, 3.63) is 0 Å². The largest absolute Gasteiger partial charge is 0.300 e. The Labute approximate surface area is 110 Å². The molecule has 0 aromatic rings. The summed E-state index contributed by atoms with van der Waals surface area (Å²) < 4.78 is 0. The fraction of sp³-hybridized carbons (Fsp3) is 0.800. The van der Waals surface area contributed by atoms with Crippen LogP contribution in [0, 0.1) is 5.41 Å².